The van der Waals surface area contributed by atoms with Gasteiger partial charge in [-0.1, -0.05) is 41.6 Å². The van der Waals surface area contributed by atoms with Crippen molar-refractivity contribution in [3.05, 3.63) is 46.1 Å². The van der Waals surface area contributed by atoms with Crippen LogP contribution in [0.4, 0.5) is 0 Å². The highest BCUT2D eigenvalue weighted by atomic mass is 35.5. The fraction of sp³-hybridized carbons (Fsp3) is 0.353. The van der Waals surface area contributed by atoms with Gasteiger partial charge in [-0.25, -0.2) is 9.79 Å². The Balaban J connectivity index is 2.18. The van der Waals surface area contributed by atoms with Gasteiger partial charge in [0.15, 0.2) is 5.17 Å². The maximum Gasteiger partial charge on any atom is 0.338 e. The summed E-state index contributed by atoms with van der Waals surface area (Å²) in [6.45, 7) is 5.58. The summed E-state index contributed by atoms with van der Waals surface area (Å²) in [5, 5.41) is 0.849. The van der Waals surface area contributed by atoms with E-state index < -0.39 is 12.0 Å². The molecule has 0 radical (unpaired) electrons. The third-order valence-electron chi connectivity index (χ3n) is 3.95. The zero-order valence-corrected chi connectivity index (χ0v) is 15.1. The Morgan fingerprint density at radius 1 is 1.42 bits per heavy atom. The van der Waals surface area contributed by atoms with Crippen LogP contribution in [0.3, 0.4) is 0 Å². The normalized spacial score (nSPS) is 23.2. The Bertz CT molecular complexity index is 775. The van der Waals surface area contributed by atoms with Crippen molar-refractivity contribution in [2.75, 3.05) is 6.61 Å². The first-order valence-electron chi connectivity index (χ1n) is 7.66. The molecule has 1 fully saturated rings. The predicted molar refractivity (Wildman–Crippen MR) is 94.9 cm³/mol. The molecule has 0 bridgehead atoms. The number of rotatable bonds is 3. The number of ether oxygens (including phenoxy) is 1. The fourth-order valence-electron chi connectivity index (χ4n) is 2.86. The van der Waals surface area contributed by atoms with E-state index in [2.05, 4.69) is 4.99 Å². The lowest BCUT2D eigenvalue weighted by atomic mass is 9.94. The maximum atomic E-state index is 12.7. The van der Waals surface area contributed by atoms with Gasteiger partial charge < -0.3 is 4.74 Å². The van der Waals surface area contributed by atoms with E-state index in [-0.39, 0.29) is 17.8 Å². The summed E-state index contributed by atoms with van der Waals surface area (Å²) >= 11 is 7.76. The lowest BCUT2D eigenvalue weighted by Crippen LogP contribution is -2.40. The topological polar surface area (TPSA) is 59.0 Å². The number of amidine groups is 1. The molecule has 1 aromatic carbocycles. The molecule has 2 atom stereocenters. The minimum atomic E-state index is -0.616. The zero-order valence-electron chi connectivity index (χ0n) is 13.6. The molecule has 0 N–H and O–H groups in total. The second-order valence-electron chi connectivity index (χ2n) is 5.51. The molecular formula is C17H17ClN2O3S. The van der Waals surface area contributed by atoms with Crippen LogP contribution in [0.5, 0.6) is 0 Å². The summed E-state index contributed by atoms with van der Waals surface area (Å²) in [6, 6.07) is 6.60. The van der Waals surface area contributed by atoms with Crippen LogP contribution in [0.25, 0.3) is 0 Å². The molecule has 1 saturated heterocycles. The highest BCUT2D eigenvalue weighted by Gasteiger charge is 2.46. The average Bonchev–Trinajstić information content (AvgIpc) is 2.81. The second-order valence-corrected chi connectivity index (χ2v) is 7.22. The molecule has 0 aliphatic carbocycles. The van der Waals surface area contributed by atoms with Crippen molar-refractivity contribution in [1.82, 2.24) is 4.90 Å². The first-order valence-corrected chi connectivity index (χ1v) is 8.92. The standard InChI is InChI=1S/C17H17ClN2O3S/c1-4-23-16(22)13-9(2)19-17-20(15(21)10(3)24-17)14(13)11-7-5-6-8-12(11)18/h5-8,10,14H,4H2,1-3H3/t10-,14-/m0/s1. The van der Waals surface area contributed by atoms with Gasteiger partial charge in [0.25, 0.3) is 0 Å². The van der Waals surface area contributed by atoms with Gasteiger partial charge in [-0.2, -0.15) is 0 Å². The summed E-state index contributed by atoms with van der Waals surface area (Å²) in [6.07, 6.45) is 0. The van der Waals surface area contributed by atoms with E-state index in [1.165, 1.54) is 11.8 Å². The van der Waals surface area contributed by atoms with Crippen LogP contribution in [0.2, 0.25) is 5.02 Å². The number of carbonyl (C=O) groups is 2. The van der Waals surface area contributed by atoms with Gasteiger partial charge in [0.1, 0.15) is 0 Å². The van der Waals surface area contributed by atoms with Crippen LogP contribution in [0, 0.1) is 0 Å². The Hall–Kier alpha value is -1.79. The minimum absolute atomic E-state index is 0.0852. The fourth-order valence-corrected chi connectivity index (χ4v) is 4.13. The summed E-state index contributed by atoms with van der Waals surface area (Å²) in [4.78, 5) is 31.2. The van der Waals surface area contributed by atoms with Gasteiger partial charge in [-0.05, 0) is 32.4 Å². The molecule has 0 aromatic heterocycles. The summed E-state index contributed by atoms with van der Waals surface area (Å²) < 4.78 is 5.20. The van der Waals surface area contributed by atoms with Gasteiger partial charge in [-0.3, -0.25) is 9.69 Å². The molecule has 7 heteroatoms. The van der Waals surface area contributed by atoms with Crippen molar-refractivity contribution in [2.45, 2.75) is 32.1 Å². The van der Waals surface area contributed by atoms with Gasteiger partial charge in [0, 0.05) is 5.02 Å². The predicted octanol–water partition coefficient (Wildman–Crippen LogP) is 3.55. The van der Waals surface area contributed by atoms with Crippen molar-refractivity contribution in [1.29, 1.82) is 0 Å². The number of allylic oxidation sites excluding steroid dienone is 1. The highest BCUT2D eigenvalue weighted by Crippen LogP contribution is 2.44. The minimum Gasteiger partial charge on any atom is -0.463 e. The van der Waals surface area contributed by atoms with E-state index in [1.807, 2.05) is 25.1 Å². The van der Waals surface area contributed by atoms with Crippen LogP contribution in [0.1, 0.15) is 32.4 Å². The molecule has 0 spiro atoms. The van der Waals surface area contributed by atoms with Crippen LogP contribution in [-0.4, -0.2) is 33.8 Å². The molecule has 126 valence electrons. The van der Waals surface area contributed by atoms with E-state index in [9.17, 15) is 9.59 Å². The number of thioether (sulfide) groups is 1. The number of benzene rings is 1. The Kier molecular flexibility index (Phi) is 4.69. The Morgan fingerprint density at radius 3 is 2.79 bits per heavy atom. The molecule has 2 aliphatic heterocycles. The number of hydrogen-bond acceptors (Lipinski definition) is 5. The maximum absolute atomic E-state index is 12.7. The monoisotopic (exact) mass is 364 g/mol. The summed E-state index contributed by atoms with van der Waals surface area (Å²) in [5.74, 6) is -0.557. The molecule has 5 nitrogen and oxygen atoms in total. The number of esters is 1. The number of aliphatic imine (C=N–C) groups is 1. The second kappa shape index (κ2) is 6.61. The third kappa shape index (κ3) is 2.74. The number of halogens is 1. The highest BCUT2D eigenvalue weighted by molar-refractivity contribution is 8.15. The molecule has 0 saturated carbocycles. The lowest BCUT2D eigenvalue weighted by molar-refractivity contribution is -0.139. The summed E-state index contributed by atoms with van der Waals surface area (Å²) in [7, 11) is 0. The van der Waals surface area contributed by atoms with Crippen molar-refractivity contribution in [3.63, 3.8) is 0 Å². The van der Waals surface area contributed by atoms with Gasteiger partial charge in [-0.15, -0.1) is 0 Å². The third-order valence-corrected chi connectivity index (χ3v) is 5.35. The van der Waals surface area contributed by atoms with Crippen LogP contribution in [0.15, 0.2) is 40.5 Å². The molecule has 1 amide bonds. The van der Waals surface area contributed by atoms with E-state index in [0.29, 0.717) is 27.0 Å². The zero-order chi connectivity index (χ0) is 17.4. The lowest BCUT2D eigenvalue weighted by Gasteiger charge is -2.33. The first-order chi connectivity index (χ1) is 11.5. The summed E-state index contributed by atoms with van der Waals surface area (Å²) in [5.41, 5.74) is 1.60. The van der Waals surface area contributed by atoms with Crippen LogP contribution < -0.4 is 0 Å². The van der Waals surface area contributed by atoms with Crippen molar-refractivity contribution >= 4 is 40.4 Å². The van der Waals surface area contributed by atoms with Gasteiger partial charge >= 0.3 is 5.97 Å². The SMILES string of the molecule is CCOC(=O)C1=C(C)N=C2S[C@@H](C)C(=O)N2[C@H]1c1ccccc1Cl. The Morgan fingerprint density at radius 2 is 2.12 bits per heavy atom. The number of fused-ring (bicyclic) bond motifs is 1. The van der Waals surface area contributed by atoms with Gasteiger partial charge in [0.05, 0.1) is 29.2 Å². The average molecular weight is 365 g/mol. The van der Waals surface area contributed by atoms with Crippen LogP contribution >= 0.6 is 23.4 Å². The van der Waals surface area contributed by atoms with Crippen molar-refractivity contribution in [2.24, 2.45) is 4.99 Å². The molecule has 1 aromatic rings. The number of carbonyl (C=O) groups excluding carboxylic acids is 2. The van der Waals surface area contributed by atoms with E-state index >= 15 is 0 Å². The molecule has 2 aliphatic rings. The van der Waals surface area contributed by atoms with E-state index in [0.717, 1.165) is 0 Å². The molecular weight excluding hydrogens is 348 g/mol. The Labute approximate surface area is 149 Å². The van der Waals surface area contributed by atoms with Crippen LogP contribution in [-0.2, 0) is 14.3 Å². The molecule has 24 heavy (non-hydrogen) atoms. The number of hydrogen-bond donors (Lipinski definition) is 0. The van der Waals surface area contributed by atoms with E-state index in [1.54, 1.807) is 24.8 Å². The first kappa shape index (κ1) is 17.0. The number of nitrogens with zero attached hydrogens (tertiary/aromatic N) is 2. The quantitative estimate of drug-likeness (QED) is 0.769. The van der Waals surface area contributed by atoms with Crippen molar-refractivity contribution < 1.29 is 14.3 Å². The smallest absolute Gasteiger partial charge is 0.338 e. The molecule has 0 unspecified atom stereocenters. The molecule has 3 rings (SSSR count). The van der Waals surface area contributed by atoms with E-state index in [4.69, 9.17) is 16.3 Å². The largest absolute Gasteiger partial charge is 0.463 e. The van der Waals surface area contributed by atoms with Crippen molar-refractivity contribution in [3.8, 4) is 0 Å². The number of amides is 1. The van der Waals surface area contributed by atoms with Gasteiger partial charge in [0.2, 0.25) is 5.91 Å². The molecule has 2 heterocycles.